The average molecular weight is 1090 g/mol. The van der Waals surface area contributed by atoms with Gasteiger partial charge in [-0.1, -0.05) is 270 Å². The molecule has 448 valence electrons. The number of carbonyl (C=O) groups is 3. The van der Waals surface area contributed by atoms with Crippen molar-refractivity contribution in [1.29, 1.82) is 0 Å². The van der Waals surface area contributed by atoms with Crippen LogP contribution in [0.25, 0.3) is 0 Å². The molecule has 0 saturated carbocycles. The van der Waals surface area contributed by atoms with E-state index in [-0.39, 0.29) is 31.1 Å². The van der Waals surface area contributed by atoms with E-state index in [1.165, 1.54) is 103 Å². The van der Waals surface area contributed by atoms with Crippen molar-refractivity contribution >= 4 is 17.9 Å². The molecule has 0 bridgehead atoms. The van der Waals surface area contributed by atoms with Crippen LogP contribution in [0.3, 0.4) is 0 Å². The number of hydrogen-bond acceptors (Lipinski definition) is 6. The van der Waals surface area contributed by atoms with Gasteiger partial charge in [0.05, 0.1) is 0 Å². The Hall–Kier alpha value is -4.45. The van der Waals surface area contributed by atoms with Crippen LogP contribution in [0, 0.1) is 0 Å². The Balaban J connectivity index is 4.30. The predicted molar refractivity (Wildman–Crippen MR) is 343 cm³/mol. The highest BCUT2D eigenvalue weighted by atomic mass is 16.6. The van der Waals surface area contributed by atoms with E-state index in [2.05, 4.69) is 154 Å². The van der Waals surface area contributed by atoms with Crippen molar-refractivity contribution in [1.82, 2.24) is 0 Å². The quantitative estimate of drug-likeness (QED) is 0.0261. The van der Waals surface area contributed by atoms with Gasteiger partial charge in [0.25, 0.3) is 0 Å². The van der Waals surface area contributed by atoms with E-state index in [0.717, 1.165) is 148 Å². The highest BCUT2D eigenvalue weighted by Gasteiger charge is 2.19. The van der Waals surface area contributed by atoms with E-state index in [9.17, 15) is 14.4 Å². The van der Waals surface area contributed by atoms with E-state index in [4.69, 9.17) is 14.2 Å². The monoisotopic (exact) mass is 1090 g/mol. The summed E-state index contributed by atoms with van der Waals surface area (Å²) in [6, 6.07) is 0. The van der Waals surface area contributed by atoms with Crippen LogP contribution in [0.4, 0.5) is 0 Å². The van der Waals surface area contributed by atoms with Crippen LogP contribution in [0.2, 0.25) is 0 Å². The van der Waals surface area contributed by atoms with Gasteiger partial charge < -0.3 is 14.2 Å². The van der Waals surface area contributed by atoms with Gasteiger partial charge in [-0.3, -0.25) is 14.4 Å². The molecule has 1 atom stereocenters. The van der Waals surface area contributed by atoms with Gasteiger partial charge in [0, 0.05) is 19.3 Å². The fraction of sp³-hybridized carbons (Fsp3) is 0.658. The summed E-state index contributed by atoms with van der Waals surface area (Å²) in [7, 11) is 0. The molecule has 0 saturated heterocycles. The lowest BCUT2D eigenvalue weighted by molar-refractivity contribution is -0.167. The third-order valence-electron chi connectivity index (χ3n) is 13.6. The minimum atomic E-state index is -0.796. The van der Waals surface area contributed by atoms with Crippen molar-refractivity contribution in [3.05, 3.63) is 134 Å². The summed E-state index contributed by atoms with van der Waals surface area (Å²) >= 11 is 0. The maximum absolute atomic E-state index is 12.9. The summed E-state index contributed by atoms with van der Waals surface area (Å²) in [4.78, 5) is 38.2. The topological polar surface area (TPSA) is 78.9 Å². The second-order valence-corrected chi connectivity index (χ2v) is 21.3. The van der Waals surface area contributed by atoms with Gasteiger partial charge >= 0.3 is 17.9 Å². The molecule has 0 aliphatic heterocycles. The Kier molecular flexibility index (Phi) is 62.3. The van der Waals surface area contributed by atoms with E-state index < -0.39 is 6.10 Å². The highest BCUT2D eigenvalue weighted by Crippen LogP contribution is 2.15. The first kappa shape index (κ1) is 74.5. The van der Waals surface area contributed by atoms with E-state index in [1.54, 1.807) is 0 Å². The standard InChI is InChI=1S/C73H120O6/c1-4-7-10-13-16-19-22-24-26-28-29-30-31-32-33-34-35-36-37-38-39-40-41-42-43-45-46-48-51-54-57-60-63-66-72(75)78-69-70(68-77-71(74)65-62-59-56-53-50-21-18-15-12-9-6-3)79-73(76)67-64-61-58-55-52-49-47-44-27-25-23-20-17-14-11-8-5-2/h7,10,15-16,18-19,24-27,29-30,32-33,35-36,38-39,41-42,45-46,70H,4-6,8-9,11-14,17,20-23,28,31,34,37,40,43-44,47-69H2,1-3H3/b10-7-,18-15-,19-16-,26-24-,27-25-,30-29-,33-32-,36-35-,39-38-,42-41-,46-45-. The molecule has 6 nitrogen and oxygen atoms in total. The van der Waals surface area contributed by atoms with Crippen LogP contribution in [0.15, 0.2) is 134 Å². The van der Waals surface area contributed by atoms with Crippen molar-refractivity contribution in [2.75, 3.05) is 13.2 Å². The van der Waals surface area contributed by atoms with Gasteiger partial charge in [0.1, 0.15) is 13.2 Å². The summed E-state index contributed by atoms with van der Waals surface area (Å²) in [6.45, 7) is 6.46. The van der Waals surface area contributed by atoms with E-state index in [0.29, 0.717) is 19.3 Å². The van der Waals surface area contributed by atoms with Gasteiger partial charge in [-0.25, -0.2) is 0 Å². The van der Waals surface area contributed by atoms with Gasteiger partial charge in [-0.05, 0) is 135 Å². The summed E-state index contributed by atoms with van der Waals surface area (Å²) in [5.74, 6) is -0.924. The molecule has 0 fully saturated rings. The molecule has 0 spiro atoms. The number of esters is 3. The van der Waals surface area contributed by atoms with E-state index in [1.807, 2.05) is 0 Å². The predicted octanol–water partition coefficient (Wildman–Crippen LogP) is 22.5. The highest BCUT2D eigenvalue weighted by molar-refractivity contribution is 5.71. The molecule has 0 N–H and O–H groups in total. The molecule has 0 radical (unpaired) electrons. The summed E-state index contributed by atoms with van der Waals surface area (Å²) in [5.41, 5.74) is 0. The molecule has 0 amide bonds. The van der Waals surface area contributed by atoms with Crippen LogP contribution < -0.4 is 0 Å². The van der Waals surface area contributed by atoms with Crippen molar-refractivity contribution < 1.29 is 28.6 Å². The molecule has 0 heterocycles. The van der Waals surface area contributed by atoms with Gasteiger partial charge in [-0.2, -0.15) is 0 Å². The normalized spacial score (nSPS) is 13.0. The Labute approximate surface area is 487 Å². The minimum absolute atomic E-state index is 0.0924. The number of carbonyl (C=O) groups excluding carboxylic acids is 3. The average Bonchev–Trinajstić information content (AvgIpc) is 3.45. The number of hydrogen-bond donors (Lipinski definition) is 0. The van der Waals surface area contributed by atoms with Crippen LogP contribution in [-0.2, 0) is 28.6 Å². The fourth-order valence-electron chi connectivity index (χ4n) is 8.70. The first-order chi connectivity index (χ1) is 39.0. The molecular weight excluding hydrogens is 973 g/mol. The lowest BCUT2D eigenvalue weighted by Crippen LogP contribution is -2.30. The zero-order valence-corrected chi connectivity index (χ0v) is 51.3. The van der Waals surface area contributed by atoms with Crippen LogP contribution in [0.1, 0.15) is 290 Å². The lowest BCUT2D eigenvalue weighted by atomic mass is 10.1. The zero-order valence-electron chi connectivity index (χ0n) is 51.3. The van der Waals surface area contributed by atoms with E-state index >= 15 is 0 Å². The zero-order chi connectivity index (χ0) is 57.1. The molecule has 0 aromatic carbocycles. The Bertz CT molecular complexity index is 1680. The molecule has 6 heteroatoms. The SMILES string of the molecule is CC/C=C\C/C=C\C/C=C\C/C=C\C/C=C\C/C=C\C/C=C\C/C=C\C/C=C\CCCCCCCC(=O)OCC(COC(=O)CCCCCCC/C=C\CCCC)OC(=O)CCCCCCCCC/C=C\CCCCCCCC. The third kappa shape index (κ3) is 64.3. The minimum Gasteiger partial charge on any atom is -0.462 e. The molecule has 0 aromatic heterocycles. The maximum atomic E-state index is 12.9. The Morgan fingerprint density at radius 1 is 0.266 bits per heavy atom. The second kappa shape index (κ2) is 66.1. The molecule has 0 rings (SSSR count). The van der Waals surface area contributed by atoms with Crippen LogP contribution >= 0.6 is 0 Å². The molecule has 0 aromatic rings. The smallest absolute Gasteiger partial charge is 0.306 e. The fourth-order valence-corrected chi connectivity index (χ4v) is 8.70. The summed E-state index contributed by atoms with van der Waals surface area (Å²) < 4.78 is 16.9. The van der Waals surface area contributed by atoms with Gasteiger partial charge in [-0.15, -0.1) is 0 Å². The van der Waals surface area contributed by atoms with Crippen molar-refractivity contribution in [3.63, 3.8) is 0 Å². The largest absolute Gasteiger partial charge is 0.462 e. The van der Waals surface area contributed by atoms with Crippen molar-refractivity contribution in [3.8, 4) is 0 Å². The molecule has 1 unspecified atom stereocenters. The Morgan fingerprint density at radius 2 is 0.506 bits per heavy atom. The maximum Gasteiger partial charge on any atom is 0.306 e. The lowest BCUT2D eigenvalue weighted by Gasteiger charge is -2.18. The second-order valence-electron chi connectivity index (χ2n) is 21.3. The van der Waals surface area contributed by atoms with Crippen LogP contribution in [-0.4, -0.2) is 37.2 Å². The number of rotatable bonds is 58. The first-order valence-corrected chi connectivity index (χ1v) is 32.7. The van der Waals surface area contributed by atoms with Gasteiger partial charge in [0.2, 0.25) is 0 Å². The van der Waals surface area contributed by atoms with Gasteiger partial charge in [0.15, 0.2) is 6.10 Å². The summed E-state index contributed by atoms with van der Waals surface area (Å²) in [6.07, 6.45) is 93.2. The number of ether oxygens (including phenoxy) is 3. The third-order valence-corrected chi connectivity index (χ3v) is 13.6. The summed E-state index contributed by atoms with van der Waals surface area (Å²) in [5, 5.41) is 0. The Morgan fingerprint density at radius 3 is 0.823 bits per heavy atom. The van der Waals surface area contributed by atoms with Crippen molar-refractivity contribution in [2.45, 2.75) is 297 Å². The molecule has 0 aliphatic carbocycles. The number of unbranched alkanes of at least 4 members (excludes halogenated alkanes) is 25. The van der Waals surface area contributed by atoms with Crippen molar-refractivity contribution in [2.24, 2.45) is 0 Å². The molecule has 79 heavy (non-hydrogen) atoms. The first-order valence-electron chi connectivity index (χ1n) is 32.7. The molecular formula is C73H120O6. The number of allylic oxidation sites excluding steroid dienone is 22. The molecule has 0 aliphatic rings. The van der Waals surface area contributed by atoms with Crippen LogP contribution in [0.5, 0.6) is 0 Å².